The zero-order chi connectivity index (χ0) is 15.8. The molecule has 0 radical (unpaired) electrons. The molecule has 1 aromatic rings. The summed E-state index contributed by atoms with van der Waals surface area (Å²) in [6.45, 7) is 4.37. The molecule has 5 nitrogen and oxygen atoms in total. The number of nitrogens with zero attached hydrogens (tertiary/aromatic N) is 1. The van der Waals surface area contributed by atoms with E-state index in [4.69, 9.17) is 4.74 Å². The number of guanidine groups is 1. The Balaban J connectivity index is 0.00000264. The first kappa shape index (κ1) is 20.8. The van der Waals surface area contributed by atoms with Crippen LogP contribution in [0.5, 0.6) is 5.75 Å². The van der Waals surface area contributed by atoms with E-state index in [-0.39, 0.29) is 30.6 Å². The van der Waals surface area contributed by atoms with E-state index in [1.807, 2.05) is 31.2 Å². The second-order valence-corrected chi connectivity index (χ2v) is 6.71. The predicted octanol–water partition coefficient (Wildman–Crippen LogP) is 2.61. The number of hydrogen-bond acceptors (Lipinski definition) is 3. The van der Waals surface area contributed by atoms with Crippen molar-refractivity contribution in [2.75, 3.05) is 26.2 Å². The van der Waals surface area contributed by atoms with Gasteiger partial charge in [-0.15, -0.1) is 24.0 Å². The summed E-state index contributed by atoms with van der Waals surface area (Å²) < 4.78 is 6.72. The Morgan fingerprint density at radius 2 is 2.04 bits per heavy atom. The zero-order valence-electron chi connectivity index (χ0n) is 13.3. The summed E-state index contributed by atoms with van der Waals surface area (Å²) in [6, 6.07) is 7.76. The number of rotatable bonds is 8. The van der Waals surface area contributed by atoms with Gasteiger partial charge >= 0.3 is 0 Å². The van der Waals surface area contributed by atoms with E-state index in [1.165, 1.54) is 12.8 Å². The highest BCUT2D eigenvalue weighted by Gasteiger charge is 2.21. The minimum Gasteiger partial charge on any atom is -0.491 e. The molecule has 1 saturated carbocycles. The molecule has 0 saturated heterocycles. The molecular weight excluding hydrogens is 520 g/mol. The standard InChI is InChI=1S/C16H24IN3O2.HI/c1-2-18-16(19-9-12-3-4-12)20-10-14(21)11-22-15-7-5-13(17)6-8-15;/h5-8,12,14,21H,2-4,9-11H2,1H3,(H2,18,19,20);1H. The Labute approximate surface area is 168 Å². The lowest BCUT2D eigenvalue weighted by Crippen LogP contribution is -2.39. The van der Waals surface area contributed by atoms with Gasteiger partial charge in [0.1, 0.15) is 18.5 Å². The number of aliphatic hydroxyl groups excluding tert-OH is 1. The van der Waals surface area contributed by atoms with E-state index >= 15 is 0 Å². The maximum Gasteiger partial charge on any atom is 0.191 e. The number of ether oxygens (including phenoxy) is 1. The minimum atomic E-state index is -0.615. The van der Waals surface area contributed by atoms with Crippen molar-refractivity contribution in [2.45, 2.75) is 25.9 Å². The van der Waals surface area contributed by atoms with Crippen molar-refractivity contribution in [1.82, 2.24) is 10.6 Å². The Morgan fingerprint density at radius 3 is 2.65 bits per heavy atom. The summed E-state index contributed by atoms with van der Waals surface area (Å²) in [6.07, 6.45) is 1.99. The van der Waals surface area contributed by atoms with E-state index in [0.717, 1.165) is 34.3 Å². The van der Waals surface area contributed by atoms with Crippen molar-refractivity contribution in [2.24, 2.45) is 10.9 Å². The molecule has 0 amide bonds. The average molecular weight is 545 g/mol. The fourth-order valence-corrected chi connectivity index (χ4v) is 2.24. The van der Waals surface area contributed by atoms with Crippen LogP contribution in [0.2, 0.25) is 0 Å². The van der Waals surface area contributed by atoms with Crippen LogP contribution in [0.25, 0.3) is 0 Å². The Kier molecular flexibility index (Phi) is 10.2. The second-order valence-electron chi connectivity index (χ2n) is 5.46. The number of nitrogens with one attached hydrogen (secondary N) is 2. The van der Waals surface area contributed by atoms with Gasteiger partial charge in [-0.25, -0.2) is 0 Å². The van der Waals surface area contributed by atoms with Crippen molar-refractivity contribution < 1.29 is 9.84 Å². The van der Waals surface area contributed by atoms with Crippen molar-refractivity contribution in [3.8, 4) is 5.75 Å². The monoisotopic (exact) mass is 545 g/mol. The molecule has 1 fully saturated rings. The number of aliphatic imine (C=N–C) groups is 1. The van der Waals surface area contributed by atoms with E-state index in [0.29, 0.717) is 6.54 Å². The number of halogens is 2. The highest BCUT2D eigenvalue weighted by atomic mass is 127. The van der Waals surface area contributed by atoms with Gasteiger partial charge in [0.05, 0.1) is 6.54 Å². The van der Waals surface area contributed by atoms with Crippen LogP contribution in [0.15, 0.2) is 29.3 Å². The topological polar surface area (TPSA) is 65.9 Å². The Hall–Kier alpha value is -0.290. The van der Waals surface area contributed by atoms with Gasteiger partial charge in [-0.1, -0.05) is 0 Å². The highest BCUT2D eigenvalue weighted by Crippen LogP contribution is 2.27. The van der Waals surface area contributed by atoms with Gasteiger partial charge in [-0.05, 0) is 72.5 Å². The van der Waals surface area contributed by atoms with Crippen molar-refractivity contribution in [1.29, 1.82) is 0 Å². The predicted molar refractivity (Wildman–Crippen MR) is 113 cm³/mol. The normalized spacial score (nSPS) is 15.5. The molecule has 0 aromatic heterocycles. The summed E-state index contributed by atoms with van der Waals surface area (Å²) in [4.78, 5) is 4.40. The maximum absolute atomic E-state index is 9.98. The maximum atomic E-state index is 9.98. The van der Waals surface area contributed by atoms with Crippen LogP contribution < -0.4 is 15.4 Å². The van der Waals surface area contributed by atoms with Crippen LogP contribution in [0.3, 0.4) is 0 Å². The first-order valence-corrected chi connectivity index (χ1v) is 8.84. The largest absolute Gasteiger partial charge is 0.491 e. The molecule has 7 heteroatoms. The molecule has 1 aliphatic rings. The molecule has 3 N–H and O–H groups in total. The number of benzene rings is 1. The quantitative estimate of drug-likeness (QED) is 0.267. The van der Waals surface area contributed by atoms with E-state index in [2.05, 4.69) is 38.2 Å². The van der Waals surface area contributed by atoms with Gasteiger partial charge in [0, 0.05) is 16.7 Å². The minimum absolute atomic E-state index is 0. The fourth-order valence-electron chi connectivity index (χ4n) is 1.88. The van der Waals surface area contributed by atoms with Gasteiger partial charge in [-0.2, -0.15) is 0 Å². The van der Waals surface area contributed by atoms with E-state index in [9.17, 15) is 5.11 Å². The lowest BCUT2D eigenvalue weighted by Gasteiger charge is -2.13. The van der Waals surface area contributed by atoms with Gasteiger partial charge in [-0.3, -0.25) is 4.99 Å². The molecular formula is C16H25I2N3O2. The van der Waals surface area contributed by atoms with Gasteiger partial charge in [0.2, 0.25) is 0 Å². The van der Waals surface area contributed by atoms with Crippen LogP contribution >= 0.6 is 46.6 Å². The summed E-state index contributed by atoms with van der Waals surface area (Å²) in [5, 5.41) is 16.5. The van der Waals surface area contributed by atoms with Crippen molar-refractivity contribution in [3.05, 3.63) is 27.8 Å². The molecule has 2 rings (SSSR count). The van der Waals surface area contributed by atoms with Crippen LogP contribution in [0.4, 0.5) is 0 Å². The van der Waals surface area contributed by atoms with E-state index in [1.54, 1.807) is 0 Å². The van der Waals surface area contributed by atoms with E-state index < -0.39 is 6.10 Å². The third-order valence-electron chi connectivity index (χ3n) is 3.32. The lowest BCUT2D eigenvalue weighted by atomic mass is 10.3. The average Bonchev–Trinajstić information content (AvgIpc) is 3.34. The first-order chi connectivity index (χ1) is 10.7. The van der Waals surface area contributed by atoms with Gasteiger partial charge in [0.15, 0.2) is 5.96 Å². The molecule has 1 unspecified atom stereocenters. The number of aliphatic hydroxyl groups is 1. The molecule has 130 valence electrons. The molecule has 23 heavy (non-hydrogen) atoms. The summed E-state index contributed by atoms with van der Waals surface area (Å²) >= 11 is 2.25. The Bertz CT molecular complexity index is 479. The molecule has 1 aromatic carbocycles. The lowest BCUT2D eigenvalue weighted by molar-refractivity contribution is 0.114. The Morgan fingerprint density at radius 1 is 1.35 bits per heavy atom. The van der Waals surface area contributed by atoms with Crippen LogP contribution in [-0.2, 0) is 0 Å². The molecule has 0 spiro atoms. The molecule has 0 bridgehead atoms. The third-order valence-corrected chi connectivity index (χ3v) is 4.03. The first-order valence-electron chi connectivity index (χ1n) is 7.76. The number of hydrogen-bond donors (Lipinski definition) is 3. The van der Waals surface area contributed by atoms with Gasteiger partial charge in [0.25, 0.3) is 0 Å². The van der Waals surface area contributed by atoms with Gasteiger partial charge < -0.3 is 20.5 Å². The van der Waals surface area contributed by atoms with Crippen molar-refractivity contribution >= 4 is 52.5 Å². The highest BCUT2D eigenvalue weighted by molar-refractivity contribution is 14.1. The molecule has 1 aliphatic carbocycles. The summed E-state index contributed by atoms with van der Waals surface area (Å²) in [5.41, 5.74) is 0. The van der Waals surface area contributed by atoms with Crippen LogP contribution in [0.1, 0.15) is 19.8 Å². The smallest absolute Gasteiger partial charge is 0.191 e. The second kappa shape index (κ2) is 11.3. The van der Waals surface area contributed by atoms with Crippen LogP contribution in [-0.4, -0.2) is 43.4 Å². The summed E-state index contributed by atoms with van der Waals surface area (Å²) in [5.74, 6) is 2.32. The third kappa shape index (κ3) is 8.94. The zero-order valence-corrected chi connectivity index (χ0v) is 17.8. The molecule has 0 aliphatic heterocycles. The SMILES string of the molecule is CCNC(=NCC(O)COc1ccc(I)cc1)NCC1CC1.I. The molecule has 1 atom stereocenters. The molecule has 0 heterocycles. The van der Waals surface area contributed by atoms with Crippen LogP contribution in [0, 0.1) is 9.49 Å². The fraction of sp³-hybridized carbons (Fsp3) is 0.562. The van der Waals surface area contributed by atoms with Crippen molar-refractivity contribution in [3.63, 3.8) is 0 Å². The summed E-state index contributed by atoms with van der Waals surface area (Å²) in [7, 11) is 0.